The van der Waals surface area contributed by atoms with Crippen LogP contribution in [0.4, 0.5) is 0 Å². The third kappa shape index (κ3) is 1.37. The number of esters is 1. The van der Waals surface area contributed by atoms with Crippen molar-refractivity contribution in [3.05, 3.63) is 0 Å². The van der Waals surface area contributed by atoms with Gasteiger partial charge in [-0.15, -0.1) is 0 Å². The average molecular weight is 223 g/mol. The first-order valence-electron chi connectivity index (χ1n) is 5.37. The molecule has 0 spiro atoms. The number of ether oxygens (including phenoxy) is 1. The van der Waals surface area contributed by atoms with Gasteiger partial charge in [0.2, 0.25) is 0 Å². The molecule has 0 saturated heterocycles. The van der Waals surface area contributed by atoms with Crippen molar-refractivity contribution in [2.45, 2.75) is 19.8 Å². The predicted molar refractivity (Wildman–Crippen MR) is 52.0 cm³/mol. The molecule has 0 radical (unpaired) electrons. The number of rotatable bonds is 3. The maximum absolute atomic E-state index is 11.4. The molecule has 2 aliphatic carbocycles. The van der Waals surface area contributed by atoms with Gasteiger partial charge in [-0.1, -0.05) is 0 Å². The summed E-state index contributed by atoms with van der Waals surface area (Å²) in [6.07, 6.45) is 0.569. The van der Waals surface area contributed by atoms with Gasteiger partial charge in [0, 0.05) is 0 Å². The summed E-state index contributed by atoms with van der Waals surface area (Å²) in [5, 5.41) is 17.9. The Kier molecular flexibility index (Phi) is 2.38. The van der Waals surface area contributed by atoms with Crippen LogP contribution >= 0.6 is 0 Å². The van der Waals surface area contributed by atoms with Crippen molar-refractivity contribution < 1.29 is 19.4 Å². The summed E-state index contributed by atoms with van der Waals surface area (Å²) in [4.78, 5) is 22.4. The fraction of sp³-hybridized carbons (Fsp3) is 0.727. The summed E-state index contributed by atoms with van der Waals surface area (Å²) in [5.41, 5.74) is -1.27. The van der Waals surface area contributed by atoms with Crippen LogP contribution < -0.4 is 0 Å². The molecule has 2 aliphatic rings. The van der Waals surface area contributed by atoms with Gasteiger partial charge in [-0.2, -0.15) is 5.26 Å². The molecule has 5 heteroatoms. The summed E-state index contributed by atoms with van der Waals surface area (Å²) < 4.78 is 4.90. The molecule has 2 rings (SSSR count). The lowest BCUT2D eigenvalue weighted by molar-refractivity contribution is -0.149. The molecule has 0 heterocycles. The van der Waals surface area contributed by atoms with Crippen LogP contribution in [0.2, 0.25) is 0 Å². The van der Waals surface area contributed by atoms with Gasteiger partial charge < -0.3 is 9.84 Å². The number of nitriles is 1. The highest BCUT2D eigenvalue weighted by molar-refractivity contribution is 5.82. The number of nitrogens with zero attached hydrogens (tertiary/aromatic N) is 1. The molecule has 2 unspecified atom stereocenters. The van der Waals surface area contributed by atoms with Crippen molar-refractivity contribution in [3.8, 4) is 6.07 Å². The van der Waals surface area contributed by atoms with Crippen molar-refractivity contribution in [2.75, 3.05) is 6.61 Å². The van der Waals surface area contributed by atoms with Crippen molar-refractivity contribution in [3.63, 3.8) is 0 Å². The van der Waals surface area contributed by atoms with E-state index in [9.17, 15) is 9.59 Å². The van der Waals surface area contributed by atoms with Crippen LogP contribution in [-0.2, 0) is 14.3 Å². The number of hydrogen-bond acceptors (Lipinski definition) is 4. The molecule has 1 N–H and O–H groups in total. The van der Waals surface area contributed by atoms with Crippen molar-refractivity contribution >= 4 is 11.9 Å². The highest BCUT2D eigenvalue weighted by atomic mass is 16.5. The second-order valence-corrected chi connectivity index (χ2v) is 4.51. The van der Waals surface area contributed by atoms with Crippen LogP contribution in [0, 0.1) is 34.5 Å². The van der Waals surface area contributed by atoms with Gasteiger partial charge in [-0.3, -0.25) is 9.59 Å². The third-order valence-electron chi connectivity index (χ3n) is 3.68. The standard InChI is InChI=1S/C11H13NO4/c1-2-16-9(13)8-6-3-11(5-12,10(14)15)4-7(6)8/h6-8H,2-4H2,1H3,(H,14,15). The number of carbonyl (C=O) groups excluding carboxylic acids is 1. The summed E-state index contributed by atoms with van der Waals surface area (Å²) in [6, 6.07) is 1.88. The van der Waals surface area contributed by atoms with E-state index in [1.54, 1.807) is 6.92 Å². The highest BCUT2D eigenvalue weighted by Crippen LogP contribution is 2.64. The molecule has 2 fully saturated rings. The Morgan fingerprint density at radius 3 is 2.44 bits per heavy atom. The van der Waals surface area contributed by atoms with Crippen molar-refractivity contribution in [1.29, 1.82) is 5.26 Å². The van der Waals surface area contributed by atoms with Crippen LogP contribution in [0.3, 0.4) is 0 Å². The van der Waals surface area contributed by atoms with E-state index in [0.717, 1.165) is 0 Å². The van der Waals surface area contributed by atoms with E-state index in [1.165, 1.54) is 0 Å². The number of carbonyl (C=O) groups is 2. The maximum atomic E-state index is 11.4. The molecule has 0 aromatic rings. The Balaban J connectivity index is 2.00. The lowest BCUT2D eigenvalue weighted by Gasteiger charge is -2.17. The highest BCUT2D eigenvalue weighted by Gasteiger charge is 2.67. The van der Waals surface area contributed by atoms with Gasteiger partial charge in [0.05, 0.1) is 18.6 Å². The molecule has 0 aromatic heterocycles. The number of aliphatic carboxylic acids is 1. The van der Waals surface area contributed by atoms with Gasteiger partial charge in [0.25, 0.3) is 0 Å². The summed E-state index contributed by atoms with van der Waals surface area (Å²) in [7, 11) is 0. The Bertz CT molecular complexity index is 372. The smallest absolute Gasteiger partial charge is 0.324 e. The molecule has 0 aromatic carbocycles. The average Bonchev–Trinajstić information content (AvgIpc) is 2.75. The molecule has 16 heavy (non-hydrogen) atoms. The topological polar surface area (TPSA) is 87.4 Å². The number of carboxylic acids is 1. The van der Waals surface area contributed by atoms with Crippen LogP contribution in [0.15, 0.2) is 0 Å². The minimum Gasteiger partial charge on any atom is -0.480 e. The first-order valence-corrected chi connectivity index (χ1v) is 5.37. The van der Waals surface area contributed by atoms with E-state index in [2.05, 4.69) is 0 Å². The van der Waals surface area contributed by atoms with Crippen LogP contribution in [-0.4, -0.2) is 23.7 Å². The minimum atomic E-state index is -1.27. The van der Waals surface area contributed by atoms with E-state index in [1.807, 2.05) is 6.07 Å². The third-order valence-corrected chi connectivity index (χ3v) is 3.68. The largest absolute Gasteiger partial charge is 0.480 e. The maximum Gasteiger partial charge on any atom is 0.324 e. The molecule has 0 amide bonds. The van der Waals surface area contributed by atoms with E-state index >= 15 is 0 Å². The van der Waals surface area contributed by atoms with Gasteiger partial charge >= 0.3 is 11.9 Å². The normalized spacial score (nSPS) is 39.6. The molecule has 5 nitrogen and oxygen atoms in total. The molecule has 0 bridgehead atoms. The monoisotopic (exact) mass is 223 g/mol. The quantitative estimate of drug-likeness (QED) is 0.715. The Labute approximate surface area is 93.0 Å². The van der Waals surface area contributed by atoms with Gasteiger partial charge in [0.1, 0.15) is 0 Å². The number of carboxylic acid groups (broad SMARTS) is 1. The zero-order valence-electron chi connectivity index (χ0n) is 8.97. The fourth-order valence-electron chi connectivity index (χ4n) is 2.79. The van der Waals surface area contributed by atoms with Crippen LogP contribution in [0.5, 0.6) is 0 Å². The lowest BCUT2D eigenvalue weighted by atomic mass is 9.83. The Morgan fingerprint density at radius 2 is 2.06 bits per heavy atom. The SMILES string of the molecule is CCOC(=O)C1C2CC(C#N)(C(=O)O)CC21. The molecule has 0 aliphatic heterocycles. The van der Waals surface area contributed by atoms with Crippen LogP contribution in [0.1, 0.15) is 19.8 Å². The summed E-state index contributed by atoms with van der Waals surface area (Å²) in [6.45, 7) is 2.09. The van der Waals surface area contributed by atoms with Gasteiger partial charge in [-0.05, 0) is 31.6 Å². The summed E-state index contributed by atoms with van der Waals surface area (Å²) in [5.74, 6) is -1.40. The lowest BCUT2D eigenvalue weighted by Crippen LogP contribution is -2.29. The Morgan fingerprint density at radius 1 is 1.50 bits per heavy atom. The van der Waals surface area contributed by atoms with Crippen LogP contribution in [0.25, 0.3) is 0 Å². The number of hydrogen-bond donors (Lipinski definition) is 1. The van der Waals surface area contributed by atoms with Crippen molar-refractivity contribution in [1.82, 2.24) is 0 Å². The second-order valence-electron chi connectivity index (χ2n) is 4.51. The van der Waals surface area contributed by atoms with E-state index < -0.39 is 11.4 Å². The van der Waals surface area contributed by atoms with E-state index in [4.69, 9.17) is 15.1 Å². The molecular weight excluding hydrogens is 210 g/mol. The number of fused-ring (bicyclic) bond motifs is 1. The predicted octanol–water partition coefficient (Wildman–Crippen LogP) is 0.800. The van der Waals surface area contributed by atoms with Gasteiger partial charge in [0.15, 0.2) is 5.41 Å². The molecular formula is C11H13NO4. The fourth-order valence-corrected chi connectivity index (χ4v) is 2.79. The molecule has 86 valence electrons. The molecule has 2 saturated carbocycles. The summed E-state index contributed by atoms with van der Waals surface area (Å²) >= 11 is 0. The van der Waals surface area contributed by atoms with Crippen molar-refractivity contribution in [2.24, 2.45) is 23.2 Å². The Hall–Kier alpha value is -1.57. The van der Waals surface area contributed by atoms with E-state index in [-0.39, 0.29) is 36.6 Å². The minimum absolute atomic E-state index is 0.0369. The van der Waals surface area contributed by atoms with Gasteiger partial charge in [-0.25, -0.2) is 0 Å². The zero-order valence-corrected chi connectivity index (χ0v) is 8.97. The molecule has 2 atom stereocenters. The second kappa shape index (κ2) is 3.48. The van der Waals surface area contributed by atoms with E-state index in [0.29, 0.717) is 6.61 Å². The first-order chi connectivity index (χ1) is 7.55. The zero-order chi connectivity index (χ0) is 11.9. The first kappa shape index (κ1) is 10.9.